The summed E-state index contributed by atoms with van der Waals surface area (Å²) in [6.45, 7) is 4.00. The monoisotopic (exact) mass is 262 g/mol. The minimum Gasteiger partial charge on any atom is -0.378 e. The zero-order valence-corrected chi connectivity index (χ0v) is 10.7. The van der Waals surface area contributed by atoms with E-state index in [1.807, 2.05) is 11.0 Å². The normalized spacial score (nSPS) is 15.1. The van der Waals surface area contributed by atoms with E-state index >= 15 is 0 Å². The van der Waals surface area contributed by atoms with Gasteiger partial charge in [-0.3, -0.25) is 15.3 Å². The minimum absolute atomic E-state index is 0.208. The first-order chi connectivity index (χ1) is 9.09. The second-order valence-corrected chi connectivity index (χ2v) is 4.31. The molecule has 1 saturated heterocycles. The maximum Gasteiger partial charge on any atom is 0.271 e. The van der Waals surface area contributed by atoms with Crippen LogP contribution in [0.15, 0.2) is 18.2 Å². The van der Waals surface area contributed by atoms with Gasteiger partial charge in [0, 0.05) is 20.0 Å². The molecule has 1 aromatic rings. The molecule has 0 atom stereocenters. The van der Waals surface area contributed by atoms with Crippen molar-refractivity contribution in [2.45, 2.75) is 6.92 Å². The minimum atomic E-state index is -0.807. The fourth-order valence-electron chi connectivity index (χ4n) is 2.10. The van der Waals surface area contributed by atoms with E-state index in [2.05, 4.69) is 5.32 Å². The molecule has 1 radical (unpaired) electrons. The molecular weight excluding hydrogens is 246 g/mol. The van der Waals surface area contributed by atoms with Crippen LogP contribution < -0.4 is 16.0 Å². The average molecular weight is 262 g/mol. The van der Waals surface area contributed by atoms with Gasteiger partial charge in [0.15, 0.2) is 0 Å². The topological polar surface area (TPSA) is 82.4 Å². The number of anilines is 2. The van der Waals surface area contributed by atoms with Crippen LogP contribution in [0, 0.1) is 0 Å². The smallest absolute Gasteiger partial charge is 0.271 e. The van der Waals surface area contributed by atoms with Crippen LogP contribution in [0.1, 0.15) is 17.3 Å². The summed E-state index contributed by atoms with van der Waals surface area (Å²) in [6, 6.07) is 5.10. The van der Waals surface area contributed by atoms with Gasteiger partial charge in [-0.25, -0.2) is 0 Å². The number of amides is 2. The first kappa shape index (κ1) is 13.4. The number of hydrogen-bond donors (Lipinski definition) is 1. The summed E-state index contributed by atoms with van der Waals surface area (Å²) < 4.78 is 5.29. The highest BCUT2D eigenvalue weighted by Gasteiger charge is 2.20. The molecule has 1 heterocycles. The van der Waals surface area contributed by atoms with Crippen molar-refractivity contribution in [2.75, 3.05) is 36.5 Å². The fourth-order valence-corrected chi connectivity index (χ4v) is 2.10. The quantitative estimate of drug-likeness (QED) is 0.877. The lowest BCUT2D eigenvalue weighted by Crippen LogP contribution is -2.37. The molecule has 1 aliphatic heterocycles. The summed E-state index contributed by atoms with van der Waals surface area (Å²) in [5, 5.41) is 2.66. The molecule has 1 aliphatic rings. The number of rotatable bonds is 3. The summed E-state index contributed by atoms with van der Waals surface area (Å²) in [6.07, 6.45) is 0. The summed E-state index contributed by atoms with van der Waals surface area (Å²) in [5.41, 5.74) is 8.66. The van der Waals surface area contributed by atoms with Gasteiger partial charge in [0.2, 0.25) is 5.91 Å². The van der Waals surface area contributed by atoms with Crippen molar-refractivity contribution in [3.63, 3.8) is 0 Å². The maximum atomic E-state index is 11.4. The number of hydrogen-bond acceptors (Lipinski definition) is 4. The Balaban J connectivity index is 2.42. The zero-order valence-electron chi connectivity index (χ0n) is 10.7. The van der Waals surface area contributed by atoms with Gasteiger partial charge in [0.25, 0.3) is 5.91 Å². The number of para-hydroxylation sites is 1. The van der Waals surface area contributed by atoms with Crippen LogP contribution in [0.2, 0.25) is 0 Å². The Bertz CT molecular complexity index is 496. The molecule has 0 saturated carbocycles. The Labute approximate surface area is 111 Å². The van der Waals surface area contributed by atoms with E-state index in [-0.39, 0.29) is 11.5 Å². The molecule has 6 nitrogen and oxygen atoms in total. The Morgan fingerprint density at radius 2 is 2.00 bits per heavy atom. The predicted octanol–water partition coefficient (Wildman–Crippen LogP) is 0.905. The molecule has 0 aliphatic carbocycles. The van der Waals surface area contributed by atoms with Crippen molar-refractivity contribution in [3.8, 4) is 0 Å². The van der Waals surface area contributed by atoms with Crippen LogP contribution in [0.25, 0.3) is 0 Å². The van der Waals surface area contributed by atoms with Crippen LogP contribution in [0.3, 0.4) is 0 Å². The van der Waals surface area contributed by atoms with E-state index in [1.54, 1.807) is 12.1 Å². The van der Waals surface area contributed by atoms with Gasteiger partial charge in [0.1, 0.15) is 0 Å². The van der Waals surface area contributed by atoms with E-state index in [0.717, 1.165) is 5.69 Å². The Morgan fingerprint density at radius 1 is 1.32 bits per heavy atom. The molecule has 2 amide bonds. The van der Waals surface area contributed by atoms with Crippen molar-refractivity contribution in [1.29, 1.82) is 0 Å². The molecule has 101 valence electrons. The number of carbonyl (C=O) groups is 2. The van der Waals surface area contributed by atoms with Crippen LogP contribution in [-0.2, 0) is 9.53 Å². The number of nitrogens with zero attached hydrogens (tertiary/aromatic N) is 1. The number of ether oxygens (including phenoxy) is 1. The third-order valence-electron chi connectivity index (χ3n) is 2.94. The summed E-state index contributed by atoms with van der Waals surface area (Å²) in [7, 11) is 0. The van der Waals surface area contributed by atoms with Crippen molar-refractivity contribution in [1.82, 2.24) is 5.73 Å². The van der Waals surface area contributed by atoms with Crippen LogP contribution in [0.4, 0.5) is 11.4 Å². The Kier molecular flexibility index (Phi) is 4.01. The fraction of sp³-hybridized carbons (Fsp3) is 0.385. The predicted molar refractivity (Wildman–Crippen MR) is 71.2 cm³/mol. The number of nitrogens with one attached hydrogen (secondary N) is 2. The van der Waals surface area contributed by atoms with Gasteiger partial charge in [-0.2, -0.15) is 0 Å². The molecule has 0 unspecified atom stereocenters. The van der Waals surface area contributed by atoms with Gasteiger partial charge in [-0.15, -0.1) is 0 Å². The van der Waals surface area contributed by atoms with Gasteiger partial charge in [0.05, 0.1) is 30.2 Å². The van der Waals surface area contributed by atoms with E-state index in [4.69, 9.17) is 10.5 Å². The lowest BCUT2D eigenvalue weighted by atomic mass is 10.1. The van der Waals surface area contributed by atoms with Gasteiger partial charge >= 0.3 is 0 Å². The average Bonchev–Trinajstić information content (AvgIpc) is 2.39. The molecular formula is C13H16N3O3. The largest absolute Gasteiger partial charge is 0.378 e. The third-order valence-corrected chi connectivity index (χ3v) is 2.94. The Hall–Kier alpha value is -2.08. The molecule has 6 heteroatoms. The van der Waals surface area contributed by atoms with Crippen LogP contribution >= 0.6 is 0 Å². The second kappa shape index (κ2) is 5.71. The first-order valence-electron chi connectivity index (χ1n) is 6.09. The van der Waals surface area contributed by atoms with Gasteiger partial charge in [-0.1, -0.05) is 6.07 Å². The molecule has 1 aromatic carbocycles. The second-order valence-electron chi connectivity index (χ2n) is 4.31. The summed E-state index contributed by atoms with van der Waals surface area (Å²) in [4.78, 5) is 24.7. The van der Waals surface area contributed by atoms with E-state index in [1.165, 1.54) is 6.92 Å². The lowest BCUT2D eigenvalue weighted by Gasteiger charge is -2.31. The molecule has 0 bridgehead atoms. The number of carbonyl (C=O) groups excluding carboxylic acids is 2. The van der Waals surface area contributed by atoms with E-state index < -0.39 is 5.91 Å². The van der Waals surface area contributed by atoms with Gasteiger partial charge in [-0.05, 0) is 12.1 Å². The zero-order chi connectivity index (χ0) is 13.8. The summed E-state index contributed by atoms with van der Waals surface area (Å²) in [5.74, 6) is -1.07. The van der Waals surface area contributed by atoms with Crippen LogP contribution in [0.5, 0.6) is 0 Å². The summed E-state index contributed by atoms with van der Waals surface area (Å²) >= 11 is 0. The first-order valence-corrected chi connectivity index (χ1v) is 6.09. The van der Waals surface area contributed by atoms with Crippen LogP contribution in [-0.4, -0.2) is 38.1 Å². The maximum absolute atomic E-state index is 11.4. The van der Waals surface area contributed by atoms with Gasteiger partial charge < -0.3 is 15.0 Å². The number of benzene rings is 1. The highest BCUT2D eigenvalue weighted by molar-refractivity contribution is 6.05. The van der Waals surface area contributed by atoms with Crippen molar-refractivity contribution >= 4 is 23.2 Å². The standard InChI is InChI=1S/C13H16N3O3/c1-9(17)15-12-10(13(14)18)3-2-4-11(12)16-5-7-19-8-6-16/h2-4,14H,5-8H2,1H3,(H,15,17). The van der Waals surface area contributed by atoms with E-state index in [9.17, 15) is 9.59 Å². The lowest BCUT2D eigenvalue weighted by molar-refractivity contribution is -0.114. The van der Waals surface area contributed by atoms with Crippen molar-refractivity contribution in [2.24, 2.45) is 0 Å². The third kappa shape index (κ3) is 3.03. The van der Waals surface area contributed by atoms with E-state index in [0.29, 0.717) is 32.0 Å². The number of morpholine rings is 1. The molecule has 0 spiro atoms. The highest BCUT2D eigenvalue weighted by Crippen LogP contribution is 2.30. The molecule has 2 rings (SSSR count). The van der Waals surface area contributed by atoms with Crippen molar-refractivity contribution < 1.29 is 14.3 Å². The SMILES string of the molecule is CC(=O)Nc1c(C([NH])=O)cccc1N1CCOCC1. The van der Waals surface area contributed by atoms with Crippen molar-refractivity contribution in [3.05, 3.63) is 23.8 Å². The molecule has 1 fully saturated rings. The molecule has 0 aromatic heterocycles. The highest BCUT2D eigenvalue weighted by atomic mass is 16.5. The molecule has 19 heavy (non-hydrogen) atoms. The molecule has 2 N–H and O–H groups in total. The Morgan fingerprint density at radius 3 is 2.58 bits per heavy atom.